The molecule has 10 heteroatoms. The van der Waals surface area contributed by atoms with E-state index in [-0.39, 0.29) is 23.5 Å². The van der Waals surface area contributed by atoms with Crippen LogP contribution in [0.1, 0.15) is 35.4 Å². The van der Waals surface area contributed by atoms with Crippen molar-refractivity contribution in [1.82, 2.24) is 4.90 Å². The normalized spacial score (nSPS) is 26.2. The molecule has 0 unspecified atom stereocenters. The van der Waals surface area contributed by atoms with Crippen LogP contribution < -0.4 is 10.1 Å². The van der Waals surface area contributed by atoms with Crippen molar-refractivity contribution in [2.24, 2.45) is 0 Å². The molecule has 0 saturated carbocycles. The van der Waals surface area contributed by atoms with Crippen molar-refractivity contribution in [1.29, 1.82) is 0 Å². The number of nitro groups is 1. The van der Waals surface area contributed by atoms with Gasteiger partial charge in [0.05, 0.1) is 21.0 Å². The van der Waals surface area contributed by atoms with Gasteiger partial charge in [-0.15, -0.1) is 0 Å². The first-order chi connectivity index (χ1) is 17.8. The summed E-state index contributed by atoms with van der Waals surface area (Å²) in [4.78, 5) is 28.0. The number of nitrogens with one attached hydrogen (secondary N) is 1. The van der Waals surface area contributed by atoms with Crippen LogP contribution in [0.25, 0.3) is 0 Å². The second-order valence-corrected chi connectivity index (χ2v) is 10.9. The van der Waals surface area contributed by atoms with E-state index in [9.17, 15) is 14.9 Å². The highest BCUT2D eigenvalue weighted by Crippen LogP contribution is 2.58. The average molecular weight is 559 g/mol. The summed E-state index contributed by atoms with van der Waals surface area (Å²) in [6.45, 7) is 0.846. The van der Waals surface area contributed by atoms with Crippen LogP contribution in [-0.4, -0.2) is 34.4 Å². The molecule has 0 radical (unpaired) electrons. The zero-order chi connectivity index (χ0) is 25.9. The Morgan fingerprint density at radius 3 is 2.62 bits per heavy atom. The molecule has 3 aromatic carbocycles. The summed E-state index contributed by atoms with van der Waals surface area (Å²) in [5, 5.41) is 16.9. The van der Waals surface area contributed by atoms with Crippen molar-refractivity contribution in [3.05, 3.63) is 103 Å². The fourth-order valence-electron chi connectivity index (χ4n) is 6.41. The molecule has 1 N–H and O–H groups in total. The lowest BCUT2D eigenvalue weighted by atomic mass is 9.77. The highest BCUT2D eigenvalue weighted by atomic mass is 35.5. The fraction of sp³-hybridized carbons (Fsp3) is 0.296. The fourth-order valence-corrected chi connectivity index (χ4v) is 6.97. The van der Waals surface area contributed by atoms with Crippen LogP contribution >= 0.6 is 34.8 Å². The minimum absolute atomic E-state index is 0.161. The first-order valence-electron chi connectivity index (χ1n) is 12.0. The molecule has 4 atom stereocenters. The predicted molar refractivity (Wildman–Crippen MR) is 142 cm³/mol. The molecule has 2 fully saturated rings. The zero-order valence-corrected chi connectivity index (χ0v) is 21.8. The van der Waals surface area contributed by atoms with Crippen molar-refractivity contribution in [2.75, 3.05) is 11.9 Å². The van der Waals surface area contributed by atoms with Crippen LogP contribution in [0, 0.1) is 10.1 Å². The molecule has 1 spiro atoms. The van der Waals surface area contributed by atoms with Crippen LogP contribution in [-0.2, 0) is 16.9 Å². The molecule has 3 aliphatic rings. The number of halogens is 3. The van der Waals surface area contributed by atoms with Crippen molar-refractivity contribution < 1.29 is 14.5 Å². The quantitative estimate of drug-likeness (QED) is 0.294. The number of ether oxygens (including phenoxy) is 1. The monoisotopic (exact) mass is 557 g/mol. The second-order valence-electron chi connectivity index (χ2n) is 9.65. The molecule has 2 saturated heterocycles. The first kappa shape index (κ1) is 24.5. The molecule has 0 aliphatic carbocycles. The number of hydrogen-bond donors (Lipinski definition) is 1. The molecule has 3 aliphatic heterocycles. The van der Waals surface area contributed by atoms with E-state index in [4.69, 9.17) is 39.5 Å². The molecule has 37 heavy (non-hydrogen) atoms. The number of nitrogens with zero attached hydrogens (tertiary/aromatic N) is 2. The van der Waals surface area contributed by atoms with Crippen LogP contribution in [0.4, 0.5) is 5.69 Å². The van der Waals surface area contributed by atoms with Crippen LogP contribution in [0.15, 0.2) is 60.7 Å². The van der Waals surface area contributed by atoms with E-state index < -0.39 is 17.5 Å². The smallest absolute Gasteiger partial charge is 0.256 e. The maximum atomic E-state index is 13.6. The number of carbonyl (C=O) groups excluding carboxylic acids is 1. The lowest BCUT2D eigenvalue weighted by Gasteiger charge is -2.32. The average Bonchev–Trinajstić information content (AvgIpc) is 3.53. The molecular formula is C27H22Cl3N3O4. The summed E-state index contributed by atoms with van der Waals surface area (Å²) in [7, 11) is 0. The topological polar surface area (TPSA) is 84.7 Å². The van der Waals surface area contributed by atoms with Gasteiger partial charge in [-0.25, -0.2) is 0 Å². The summed E-state index contributed by atoms with van der Waals surface area (Å²) < 4.78 is 5.91. The molecular weight excluding hydrogens is 537 g/mol. The van der Waals surface area contributed by atoms with Gasteiger partial charge in [0.15, 0.2) is 5.54 Å². The minimum atomic E-state index is -1.36. The number of rotatable bonds is 5. The predicted octanol–water partition coefficient (Wildman–Crippen LogP) is 6.28. The van der Waals surface area contributed by atoms with Gasteiger partial charge >= 0.3 is 0 Å². The van der Waals surface area contributed by atoms with Crippen LogP contribution in [0.5, 0.6) is 5.75 Å². The van der Waals surface area contributed by atoms with Crippen molar-refractivity contribution >= 4 is 46.4 Å². The number of para-hydroxylation sites is 1. The summed E-state index contributed by atoms with van der Waals surface area (Å²) in [6.07, 6.45) is 1.63. The van der Waals surface area contributed by atoms with Gasteiger partial charge in [0.2, 0.25) is 0 Å². The van der Waals surface area contributed by atoms with Gasteiger partial charge in [-0.1, -0.05) is 65.1 Å². The summed E-state index contributed by atoms with van der Waals surface area (Å²) in [6, 6.07) is 16.5. The Labute approximate surface area is 228 Å². The third kappa shape index (κ3) is 3.71. The van der Waals surface area contributed by atoms with E-state index in [0.717, 1.165) is 24.0 Å². The van der Waals surface area contributed by atoms with Gasteiger partial charge in [0.25, 0.3) is 11.9 Å². The lowest BCUT2D eigenvalue weighted by Crippen LogP contribution is -2.55. The van der Waals surface area contributed by atoms with Crippen LogP contribution in [0.3, 0.4) is 0 Å². The molecule has 3 heterocycles. The van der Waals surface area contributed by atoms with Crippen LogP contribution in [0.2, 0.25) is 15.1 Å². The maximum Gasteiger partial charge on any atom is 0.256 e. The van der Waals surface area contributed by atoms with Gasteiger partial charge in [-0.05, 0) is 54.3 Å². The first-order valence-corrected chi connectivity index (χ1v) is 13.1. The van der Waals surface area contributed by atoms with Gasteiger partial charge in [-0.2, -0.15) is 0 Å². The van der Waals surface area contributed by atoms with Crippen molar-refractivity contribution in [3.63, 3.8) is 0 Å². The molecule has 0 bridgehead atoms. The Balaban J connectivity index is 1.36. The standard InChI is InChI=1S/C27H22Cl3N3O4/c28-18-9-7-15(12-19(18)29)14-37-23-10-8-16(13-20(23)30)24-22-6-3-11-32(22)27(25(24)33(35)36)17-4-1-2-5-21(17)31-26(27)34/h1-2,4-5,7-10,12-13,22,24-25H,3,6,11,14H2,(H,31,34)/t22-,24-,25+,27-/m0/s1. The maximum absolute atomic E-state index is 13.6. The Hall–Kier alpha value is -2.84. The largest absolute Gasteiger partial charge is 0.487 e. The highest BCUT2D eigenvalue weighted by molar-refractivity contribution is 6.42. The molecule has 7 nitrogen and oxygen atoms in total. The summed E-state index contributed by atoms with van der Waals surface area (Å²) in [5.41, 5.74) is 1.49. The number of fused-ring (bicyclic) bond motifs is 4. The van der Waals surface area contributed by atoms with E-state index in [1.54, 1.807) is 30.3 Å². The SMILES string of the molecule is O=C1Nc2ccccc2[C@]12[C@H]([N+](=O)[O-])[C@@H](c1ccc(OCc3ccc(Cl)c(Cl)c3)c(Cl)c1)[C@@H]1CCCN12. The summed E-state index contributed by atoms with van der Waals surface area (Å²) >= 11 is 18.7. The molecule has 1 amide bonds. The van der Waals surface area contributed by atoms with E-state index in [1.807, 2.05) is 30.3 Å². The van der Waals surface area contributed by atoms with Gasteiger partial charge in [0.1, 0.15) is 12.4 Å². The number of amides is 1. The third-order valence-corrected chi connectivity index (χ3v) is 8.85. The number of benzene rings is 3. The lowest BCUT2D eigenvalue weighted by molar-refractivity contribution is -0.534. The number of hydrogen-bond acceptors (Lipinski definition) is 5. The Morgan fingerprint density at radius 2 is 1.86 bits per heavy atom. The molecule has 190 valence electrons. The zero-order valence-electron chi connectivity index (χ0n) is 19.5. The van der Waals surface area contributed by atoms with Gasteiger partial charge in [0, 0.05) is 28.8 Å². The summed E-state index contributed by atoms with van der Waals surface area (Å²) in [5.74, 6) is -0.400. The van der Waals surface area contributed by atoms with Crippen molar-refractivity contribution in [3.8, 4) is 5.75 Å². The minimum Gasteiger partial charge on any atom is -0.487 e. The Morgan fingerprint density at radius 1 is 1.05 bits per heavy atom. The highest BCUT2D eigenvalue weighted by Gasteiger charge is 2.73. The number of carbonyl (C=O) groups is 1. The van der Waals surface area contributed by atoms with Crippen molar-refractivity contribution in [2.45, 2.75) is 43.0 Å². The van der Waals surface area contributed by atoms with E-state index in [1.165, 1.54) is 0 Å². The Kier molecular flexibility index (Phi) is 6.07. The van der Waals surface area contributed by atoms with E-state index >= 15 is 0 Å². The van der Waals surface area contributed by atoms with E-state index in [2.05, 4.69) is 10.2 Å². The van der Waals surface area contributed by atoms with Gasteiger partial charge in [-0.3, -0.25) is 19.8 Å². The molecule has 3 aromatic rings. The van der Waals surface area contributed by atoms with E-state index in [0.29, 0.717) is 38.6 Å². The molecule has 0 aromatic heterocycles. The molecule has 6 rings (SSSR count). The third-order valence-electron chi connectivity index (χ3n) is 7.81. The second kappa shape index (κ2) is 9.17. The Bertz CT molecular complexity index is 1430. The van der Waals surface area contributed by atoms with Gasteiger partial charge < -0.3 is 10.1 Å². The number of anilines is 1.